The molecule has 108 valence electrons. The van der Waals surface area contributed by atoms with E-state index in [1.807, 2.05) is 12.3 Å². The number of aromatic nitrogens is 5. The van der Waals surface area contributed by atoms with Gasteiger partial charge in [0.2, 0.25) is 11.9 Å². The van der Waals surface area contributed by atoms with Crippen LogP contribution in [0, 0.1) is 0 Å². The van der Waals surface area contributed by atoms with Crippen LogP contribution in [-0.2, 0) is 0 Å². The van der Waals surface area contributed by atoms with Crippen molar-refractivity contribution in [3.63, 3.8) is 0 Å². The van der Waals surface area contributed by atoms with E-state index in [9.17, 15) is 0 Å². The van der Waals surface area contributed by atoms with Crippen molar-refractivity contribution in [3.05, 3.63) is 18.5 Å². The van der Waals surface area contributed by atoms with E-state index in [0.717, 1.165) is 25.9 Å². The van der Waals surface area contributed by atoms with E-state index in [0.29, 0.717) is 17.8 Å². The molecule has 0 unspecified atom stereocenters. The van der Waals surface area contributed by atoms with Crippen molar-refractivity contribution in [1.29, 1.82) is 0 Å². The van der Waals surface area contributed by atoms with Crippen LogP contribution in [0.25, 0.3) is 5.95 Å². The van der Waals surface area contributed by atoms with E-state index in [1.165, 1.54) is 0 Å². The Morgan fingerprint density at radius 1 is 1.25 bits per heavy atom. The van der Waals surface area contributed by atoms with Gasteiger partial charge in [-0.1, -0.05) is 13.3 Å². The summed E-state index contributed by atoms with van der Waals surface area (Å²) >= 11 is 0. The van der Waals surface area contributed by atoms with E-state index >= 15 is 0 Å². The van der Waals surface area contributed by atoms with Crippen LogP contribution in [0.15, 0.2) is 18.5 Å². The molecule has 0 radical (unpaired) electrons. The molecule has 0 aromatic carbocycles. The van der Waals surface area contributed by atoms with Gasteiger partial charge in [-0.25, -0.2) is 4.68 Å². The van der Waals surface area contributed by atoms with Gasteiger partial charge < -0.3 is 10.2 Å². The monoisotopic (exact) mass is 275 g/mol. The number of hydrogen-bond donors (Lipinski definition) is 1. The quantitative estimate of drug-likeness (QED) is 0.829. The van der Waals surface area contributed by atoms with Crippen LogP contribution >= 0.6 is 0 Å². The SMILES string of the molecule is CCCCN(CC)c1nc(NC)nc(-n2cccn2)n1. The maximum Gasteiger partial charge on any atom is 0.257 e. The number of hydrogen-bond acceptors (Lipinski definition) is 6. The van der Waals surface area contributed by atoms with Gasteiger partial charge in [0.1, 0.15) is 0 Å². The maximum atomic E-state index is 4.51. The molecule has 2 heterocycles. The summed E-state index contributed by atoms with van der Waals surface area (Å²) in [5.74, 6) is 1.76. The first-order valence-electron chi connectivity index (χ1n) is 6.97. The lowest BCUT2D eigenvalue weighted by molar-refractivity contribution is 0.702. The minimum absolute atomic E-state index is 0.527. The molecule has 0 saturated heterocycles. The summed E-state index contributed by atoms with van der Waals surface area (Å²) in [5, 5.41) is 7.14. The molecule has 0 atom stereocenters. The highest BCUT2D eigenvalue weighted by molar-refractivity contribution is 5.39. The molecule has 20 heavy (non-hydrogen) atoms. The van der Waals surface area contributed by atoms with Crippen LogP contribution < -0.4 is 10.2 Å². The molecule has 2 aromatic rings. The molecule has 0 aliphatic carbocycles. The van der Waals surface area contributed by atoms with E-state index in [2.05, 4.69) is 44.1 Å². The van der Waals surface area contributed by atoms with E-state index in [4.69, 9.17) is 0 Å². The molecule has 0 aliphatic rings. The Labute approximate surface area is 119 Å². The highest BCUT2D eigenvalue weighted by Crippen LogP contribution is 2.13. The summed E-state index contributed by atoms with van der Waals surface area (Å²) in [7, 11) is 1.80. The molecule has 2 aromatic heterocycles. The van der Waals surface area contributed by atoms with Gasteiger partial charge in [0, 0.05) is 32.5 Å². The zero-order valence-electron chi connectivity index (χ0n) is 12.2. The van der Waals surface area contributed by atoms with Gasteiger partial charge in [-0.05, 0) is 19.4 Å². The third-order valence-corrected chi connectivity index (χ3v) is 2.99. The smallest absolute Gasteiger partial charge is 0.257 e. The first-order chi connectivity index (χ1) is 9.78. The maximum absolute atomic E-state index is 4.51. The van der Waals surface area contributed by atoms with Crippen molar-refractivity contribution in [2.45, 2.75) is 26.7 Å². The lowest BCUT2D eigenvalue weighted by Gasteiger charge is -2.21. The Morgan fingerprint density at radius 3 is 2.70 bits per heavy atom. The lowest BCUT2D eigenvalue weighted by Crippen LogP contribution is -2.27. The van der Waals surface area contributed by atoms with Crippen LogP contribution in [0.1, 0.15) is 26.7 Å². The lowest BCUT2D eigenvalue weighted by atomic mass is 10.3. The van der Waals surface area contributed by atoms with Gasteiger partial charge in [-0.15, -0.1) is 0 Å². The Kier molecular flexibility index (Phi) is 4.86. The second kappa shape index (κ2) is 6.83. The highest BCUT2D eigenvalue weighted by atomic mass is 15.4. The van der Waals surface area contributed by atoms with Crippen LogP contribution in [0.3, 0.4) is 0 Å². The minimum atomic E-state index is 0.527. The fourth-order valence-corrected chi connectivity index (χ4v) is 1.85. The Bertz CT molecular complexity index is 524. The van der Waals surface area contributed by atoms with Crippen molar-refractivity contribution in [2.24, 2.45) is 0 Å². The molecule has 7 nitrogen and oxygen atoms in total. The predicted molar refractivity (Wildman–Crippen MR) is 79.3 cm³/mol. The van der Waals surface area contributed by atoms with Gasteiger partial charge in [0.15, 0.2) is 0 Å². The zero-order valence-corrected chi connectivity index (χ0v) is 12.2. The molecule has 0 aliphatic heterocycles. The van der Waals surface area contributed by atoms with Gasteiger partial charge in [0.05, 0.1) is 0 Å². The summed E-state index contributed by atoms with van der Waals surface area (Å²) in [6.45, 7) is 6.09. The number of nitrogens with zero attached hydrogens (tertiary/aromatic N) is 6. The molecule has 1 N–H and O–H groups in total. The molecule has 2 rings (SSSR count). The largest absolute Gasteiger partial charge is 0.357 e. The summed E-state index contributed by atoms with van der Waals surface area (Å²) in [5.41, 5.74) is 0. The number of unbranched alkanes of at least 4 members (excludes halogenated alkanes) is 1. The molecule has 0 bridgehead atoms. The molecular weight excluding hydrogens is 254 g/mol. The standard InChI is InChI=1S/C13H21N7/c1-4-6-9-19(5-2)12-16-11(14-3)17-13(18-12)20-10-7-8-15-20/h7-8,10H,4-6,9H2,1-3H3,(H,14,16,17,18). The molecular formula is C13H21N7. The van der Waals surface area contributed by atoms with Crippen molar-refractivity contribution in [1.82, 2.24) is 24.7 Å². The molecule has 0 fully saturated rings. The van der Waals surface area contributed by atoms with Gasteiger partial charge in [-0.3, -0.25) is 0 Å². The Morgan fingerprint density at radius 2 is 2.10 bits per heavy atom. The van der Waals surface area contributed by atoms with Gasteiger partial charge in [0.25, 0.3) is 5.95 Å². The third kappa shape index (κ3) is 3.23. The first-order valence-corrected chi connectivity index (χ1v) is 6.97. The predicted octanol–water partition coefficient (Wildman–Crippen LogP) is 1.73. The van der Waals surface area contributed by atoms with Crippen LogP contribution in [0.5, 0.6) is 0 Å². The van der Waals surface area contributed by atoms with E-state index < -0.39 is 0 Å². The Balaban J connectivity index is 2.34. The Hall–Kier alpha value is -2.18. The average molecular weight is 275 g/mol. The van der Waals surface area contributed by atoms with Crippen LogP contribution in [0.2, 0.25) is 0 Å². The number of nitrogens with one attached hydrogen (secondary N) is 1. The molecule has 7 heteroatoms. The summed E-state index contributed by atoms with van der Waals surface area (Å²) < 4.78 is 1.64. The van der Waals surface area contributed by atoms with Gasteiger partial charge in [-0.2, -0.15) is 20.1 Å². The van der Waals surface area contributed by atoms with Crippen LogP contribution in [0.4, 0.5) is 11.9 Å². The fourth-order valence-electron chi connectivity index (χ4n) is 1.85. The topological polar surface area (TPSA) is 71.8 Å². The molecule has 0 spiro atoms. The van der Waals surface area contributed by atoms with Gasteiger partial charge >= 0.3 is 0 Å². The van der Waals surface area contributed by atoms with Crippen molar-refractivity contribution in [3.8, 4) is 5.95 Å². The van der Waals surface area contributed by atoms with Crippen LogP contribution in [-0.4, -0.2) is 44.9 Å². The highest BCUT2D eigenvalue weighted by Gasteiger charge is 2.12. The number of anilines is 2. The third-order valence-electron chi connectivity index (χ3n) is 2.99. The normalized spacial score (nSPS) is 10.6. The second-order valence-electron chi connectivity index (χ2n) is 4.39. The summed E-state index contributed by atoms with van der Waals surface area (Å²) in [4.78, 5) is 15.4. The van der Waals surface area contributed by atoms with Crippen molar-refractivity contribution >= 4 is 11.9 Å². The second-order valence-corrected chi connectivity index (χ2v) is 4.39. The van der Waals surface area contributed by atoms with E-state index in [1.54, 1.807) is 17.9 Å². The summed E-state index contributed by atoms with van der Waals surface area (Å²) in [6.07, 6.45) is 5.79. The average Bonchev–Trinajstić information content (AvgIpc) is 3.02. The molecule has 0 amide bonds. The van der Waals surface area contributed by atoms with Crippen molar-refractivity contribution < 1.29 is 0 Å². The van der Waals surface area contributed by atoms with E-state index in [-0.39, 0.29) is 0 Å². The minimum Gasteiger partial charge on any atom is -0.357 e. The number of rotatable bonds is 7. The summed E-state index contributed by atoms with van der Waals surface area (Å²) in [6, 6.07) is 1.84. The molecule has 0 saturated carbocycles. The zero-order chi connectivity index (χ0) is 14.4. The van der Waals surface area contributed by atoms with Crippen molar-refractivity contribution in [2.75, 3.05) is 30.4 Å². The first kappa shape index (κ1) is 14.2. The fraction of sp³-hybridized carbons (Fsp3) is 0.538.